The fourth-order valence-corrected chi connectivity index (χ4v) is 4.29. The lowest BCUT2D eigenvalue weighted by Crippen LogP contribution is -2.25. The number of nitrogens with two attached hydrogens (primary N) is 2. The van der Waals surface area contributed by atoms with Crippen molar-refractivity contribution in [3.05, 3.63) is 127 Å². The molecule has 5 aromatic rings. The van der Waals surface area contributed by atoms with E-state index in [-0.39, 0.29) is 11.8 Å². The molecule has 44 heavy (non-hydrogen) atoms. The van der Waals surface area contributed by atoms with Crippen LogP contribution in [0.5, 0.6) is 0 Å². The molecule has 5 rings (SSSR count). The molecule has 0 saturated carbocycles. The molecular formula is C34H34N8O2+2. The van der Waals surface area contributed by atoms with Gasteiger partial charge in [0, 0.05) is 47.3 Å². The smallest absolute Gasteiger partial charge is 0.255 e. The maximum atomic E-state index is 12.8. The molecule has 2 heterocycles. The van der Waals surface area contributed by atoms with E-state index in [1.54, 1.807) is 54.6 Å². The summed E-state index contributed by atoms with van der Waals surface area (Å²) in [7, 11) is 3.89. The highest BCUT2D eigenvalue weighted by molar-refractivity contribution is 6.05. The fraction of sp³-hybridized carbons (Fsp3) is 0.0588. The van der Waals surface area contributed by atoms with Crippen LogP contribution in [0.1, 0.15) is 15.9 Å². The highest BCUT2D eigenvalue weighted by Crippen LogP contribution is 2.27. The predicted octanol–water partition coefficient (Wildman–Crippen LogP) is 4.89. The molecule has 8 N–H and O–H groups in total. The second-order valence-corrected chi connectivity index (χ2v) is 10.3. The first kappa shape index (κ1) is 29.3. The third-order valence-corrected chi connectivity index (χ3v) is 6.74. The Balaban J connectivity index is 1.13. The van der Waals surface area contributed by atoms with E-state index in [9.17, 15) is 9.59 Å². The Hall–Kier alpha value is -6.16. The molecule has 0 aliphatic heterocycles. The van der Waals surface area contributed by atoms with Gasteiger partial charge in [-0.3, -0.25) is 9.59 Å². The maximum absolute atomic E-state index is 12.8. The topological polar surface area (TPSA) is 142 Å². The van der Waals surface area contributed by atoms with Crippen LogP contribution in [0.15, 0.2) is 116 Å². The molecule has 2 amide bonds. The summed E-state index contributed by atoms with van der Waals surface area (Å²) in [5, 5.41) is 12.2. The van der Waals surface area contributed by atoms with Crippen molar-refractivity contribution in [1.82, 2.24) is 0 Å². The van der Waals surface area contributed by atoms with Crippen LogP contribution in [0.4, 0.5) is 45.5 Å². The second-order valence-electron chi connectivity index (χ2n) is 10.3. The molecule has 10 heteroatoms. The van der Waals surface area contributed by atoms with Gasteiger partial charge >= 0.3 is 0 Å². The third-order valence-electron chi connectivity index (χ3n) is 6.74. The van der Waals surface area contributed by atoms with Crippen molar-refractivity contribution in [2.45, 2.75) is 0 Å². The van der Waals surface area contributed by atoms with Gasteiger partial charge < -0.3 is 32.7 Å². The standard InChI is InChI=1S/C34H32N8O2/c1-41-17-13-25(14-18-41)37-31-10-8-27(21-29(31)35)39-33(43)12-5-23-3-6-24(7-4-23)34(44)40-28-9-11-32(30(36)22-28)38-26-15-19-42(2)20-16-26/h3-22H,35-36H2,1-2H3,(H2,39,40,43,44)/p+2/b12-5+. The van der Waals surface area contributed by atoms with E-state index in [2.05, 4.69) is 21.3 Å². The van der Waals surface area contributed by atoms with Crippen LogP contribution >= 0.6 is 0 Å². The first-order valence-corrected chi connectivity index (χ1v) is 13.9. The first-order valence-electron chi connectivity index (χ1n) is 13.9. The largest absolute Gasteiger partial charge is 0.397 e. The highest BCUT2D eigenvalue weighted by Gasteiger charge is 2.09. The maximum Gasteiger partial charge on any atom is 0.255 e. The van der Waals surface area contributed by atoms with Gasteiger partial charge in [0.1, 0.15) is 14.1 Å². The molecule has 2 aromatic heterocycles. The first-order chi connectivity index (χ1) is 21.2. The number of nitrogens with one attached hydrogen (secondary N) is 4. The number of hydrogen-bond donors (Lipinski definition) is 6. The van der Waals surface area contributed by atoms with Gasteiger partial charge in [-0.15, -0.1) is 0 Å². The van der Waals surface area contributed by atoms with Crippen LogP contribution in [-0.2, 0) is 18.9 Å². The van der Waals surface area contributed by atoms with Crippen molar-refractivity contribution < 1.29 is 18.7 Å². The molecule has 3 aromatic carbocycles. The van der Waals surface area contributed by atoms with E-state index in [1.165, 1.54) is 6.08 Å². The van der Waals surface area contributed by atoms with Crippen LogP contribution in [0.3, 0.4) is 0 Å². The Morgan fingerprint density at radius 3 is 1.57 bits per heavy atom. The number of benzene rings is 3. The molecule has 0 unspecified atom stereocenters. The lowest BCUT2D eigenvalue weighted by atomic mass is 10.1. The minimum atomic E-state index is -0.306. The monoisotopic (exact) mass is 586 g/mol. The number of amides is 2. The van der Waals surface area contributed by atoms with E-state index in [0.29, 0.717) is 28.3 Å². The van der Waals surface area contributed by atoms with Gasteiger partial charge in [0.25, 0.3) is 5.91 Å². The zero-order chi connectivity index (χ0) is 31.1. The van der Waals surface area contributed by atoms with Crippen molar-refractivity contribution >= 4 is 63.4 Å². The summed E-state index contributed by atoms with van der Waals surface area (Å²) in [6.07, 6.45) is 10.8. The molecule has 0 fully saturated rings. The fourth-order valence-electron chi connectivity index (χ4n) is 4.29. The Morgan fingerprint density at radius 2 is 1.09 bits per heavy atom. The summed E-state index contributed by atoms with van der Waals surface area (Å²) in [5.74, 6) is -0.579. The third kappa shape index (κ3) is 7.77. The summed E-state index contributed by atoms with van der Waals surface area (Å²) < 4.78 is 3.88. The molecule has 0 bridgehead atoms. The number of nitrogen functional groups attached to an aromatic ring is 2. The number of nitrogens with zero attached hydrogens (tertiary/aromatic N) is 2. The Kier molecular flexibility index (Phi) is 8.81. The summed E-state index contributed by atoms with van der Waals surface area (Å²) in [4.78, 5) is 25.3. The van der Waals surface area contributed by atoms with Crippen LogP contribution in [0.25, 0.3) is 6.08 Å². The number of carbonyl (C=O) groups is 2. The number of aryl methyl sites for hydroxylation is 2. The van der Waals surface area contributed by atoms with Gasteiger partial charge in [0.15, 0.2) is 24.8 Å². The Bertz CT molecular complexity index is 1820. The van der Waals surface area contributed by atoms with Crippen LogP contribution in [0, 0.1) is 0 Å². The van der Waals surface area contributed by atoms with Crippen LogP contribution in [0.2, 0.25) is 0 Å². The van der Waals surface area contributed by atoms with Crippen molar-refractivity contribution in [2.24, 2.45) is 14.1 Å². The molecule has 0 aliphatic carbocycles. The molecule has 220 valence electrons. The van der Waals surface area contributed by atoms with E-state index in [1.807, 2.05) is 84.4 Å². The average molecular weight is 587 g/mol. The highest BCUT2D eigenvalue weighted by atomic mass is 16.2. The van der Waals surface area contributed by atoms with E-state index in [0.717, 1.165) is 28.3 Å². The summed E-state index contributed by atoms with van der Waals surface area (Å²) in [5.41, 5.74) is 19.1. The zero-order valence-electron chi connectivity index (χ0n) is 24.4. The van der Waals surface area contributed by atoms with E-state index >= 15 is 0 Å². The van der Waals surface area contributed by atoms with Crippen molar-refractivity contribution in [3.8, 4) is 0 Å². The quantitative estimate of drug-likeness (QED) is 0.0825. The Morgan fingerprint density at radius 1 is 0.614 bits per heavy atom. The van der Waals surface area contributed by atoms with E-state index < -0.39 is 0 Å². The summed E-state index contributed by atoms with van der Waals surface area (Å²) in [6.45, 7) is 0. The van der Waals surface area contributed by atoms with Crippen molar-refractivity contribution in [2.75, 3.05) is 32.7 Å². The van der Waals surface area contributed by atoms with Gasteiger partial charge in [-0.25, -0.2) is 9.13 Å². The summed E-state index contributed by atoms with van der Waals surface area (Å²) >= 11 is 0. The molecule has 0 spiro atoms. The lowest BCUT2D eigenvalue weighted by Gasteiger charge is -2.11. The van der Waals surface area contributed by atoms with Crippen molar-refractivity contribution in [3.63, 3.8) is 0 Å². The molecule has 0 saturated heterocycles. The predicted molar refractivity (Wildman–Crippen MR) is 176 cm³/mol. The van der Waals surface area contributed by atoms with Crippen molar-refractivity contribution in [1.29, 1.82) is 0 Å². The number of hydrogen-bond acceptors (Lipinski definition) is 6. The zero-order valence-corrected chi connectivity index (χ0v) is 24.4. The number of anilines is 8. The second kappa shape index (κ2) is 13.2. The minimum Gasteiger partial charge on any atom is -0.397 e. The SMILES string of the molecule is C[n+]1ccc(Nc2ccc(NC(=O)/C=C/c3ccc(C(=O)Nc4ccc(Nc5cc[n+](C)cc5)c(N)c4)cc3)cc2N)cc1. The van der Waals surface area contributed by atoms with Crippen LogP contribution in [-0.4, -0.2) is 11.8 Å². The molecule has 0 radical (unpaired) electrons. The average Bonchev–Trinajstić information content (AvgIpc) is 3.01. The molecule has 0 aliphatic rings. The van der Waals surface area contributed by atoms with Gasteiger partial charge in [0.2, 0.25) is 5.91 Å². The normalized spacial score (nSPS) is 10.8. The molecule has 10 nitrogen and oxygen atoms in total. The number of pyridine rings is 2. The lowest BCUT2D eigenvalue weighted by molar-refractivity contribution is -0.671. The molecule has 0 atom stereocenters. The number of rotatable bonds is 9. The number of carbonyl (C=O) groups excluding carboxylic acids is 2. The Labute approximate surface area is 255 Å². The van der Waals surface area contributed by atoms with Gasteiger partial charge in [-0.05, 0) is 60.2 Å². The van der Waals surface area contributed by atoms with Gasteiger partial charge in [-0.2, -0.15) is 0 Å². The number of aromatic nitrogens is 2. The minimum absolute atomic E-state index is 0.272. The molecular weight excluding hydrogens is 552 g/mol. The van der Waals surface area contributed by atoms with Crippen LogP contribution < -0.4 is 41.9 Å². The van der Waals surface area contributed by atoms with Gasteiger partial charge in [-0.1, -0.05) is 12.1 Å². The van der Waals surface area contributed by atoms with Gasteiger partial charge in [0.05, 0.1) is 34.1 Å². The van der Waals surface area contributed by atoms with E-state index in [4.69, 9.17) is 11.5 Å². The summed E-state index contributed by atoms with van der Waals surface area (Å²) in [6, 6.07) is 25.3.